The van der Waals surface area contributed by atoms with Gasteiger partial charge in [0.15, 0.2) is 0 Å². The Hall–Kier alpha value is -1.25. The fourth-order valence-corrected chi connectivity index (χ4v) is 2.81. The second-order valence-corrected chi connectivity index (χ2v) is 5.14. The Morgan fingerprint density at radius 3 is 2.88 bits per heavy atom. The molecule has 17 heavy (non-hydrogen) atoms. The van der Waals surface area contributed by atoms with Gasteiger partial charge in [-0.25, -0.2) is 4.98 Å². The van der Waals surface area contributed by atoms with E-state index in [2.05, 4.69) is 24.1 Å². The minimum atomic E-state index is 0.587. The van der Waals surface area contributed by atoms with Crippen LogP contribution in [0.5, 0.6) is 0 Å². The number of pyridine rings is 1. The van der Waals surface area contributed by atoms with E-state index in [1.165, 1.54) is 32.1 Å². The number of nitrogens with one attached hydrogen (secondary N) is 1. The Morgan fingerprint density at radius 1 is 1.41 bits per heavy atom. The number of nitrogens with two attached hydrogens (primary N) is 1. The van der Waals surface area contributed by atoms with Gasteiger partial charge < -0.3 is 11.1 Å². The minimum absolute atomic E-state index is 0.587. The third kappa shape index (κ3) is 2.90. The van der Waals surface area contributed by atoms with E-state index in [1.54, 1.807) is 6.20 Å². The van der Waals surface area contributed by atoms with Gasteiger partial charge in [-0.3, -0.25) is 0 Å². The summed E-state index contributed by atoms with van der Waals surface area (Å²) >= 11 is 0. The van der Waals surface area contributed by atoms with Gasteiger partial charge in [0, 0.05) is 6.04 Å². The maximum absolute atomic E-state index is 5.72. The lowest BCUT2D eigenvalue weighted by Crippen LogP contribution is -2.32. The highest BCUT2D eigenvalue weighted by atomic mass is 15.0. The summed E-state index contributed by atoms with van der Waals surface area (Å²) in [6.07, 6.45) is 8.32. The van der Waals surface area contributed by atoms with Gasteiger partial charge in [0.25, 0.3) is 0 Å². The summed E-state index contributed by atoms with van der Waals surface area (Å²) in [5, 5.41) is 3.61. The second-order valence-electron chi connectivity index (χ2n) is 5.14. The molecule has 0 radical (unpaired) electrons. The maximum atomic E-state index is 5.72. The van der Waals surface area contributed by atoms with Crippen molar-refractivity contribution >= 4 is 11.5 Å². The first-order chi connectivity index (χ1) is 8.20. The second kappa shape index (κ2) is 5.39. The Balaban J connectivity index is 2.08. The van der Waals surface area contributed by atoms with Gasteiger partial charge in [-0.15, -0.1) is 0 Å². The van der Waals surface area contributed by atoms with E-state index < -0.39 is 0 Å². The summed E-state index contributed by atoms with van der Waals surface area (Å²) in [5.74, 6) is 1.80. The number of hydrogen-bond acceptors (Lipinski definition) is 3. The Morgan fingerprint density at radius 2 is 2.18 bits per heavy atom. The normalized spacial score (nSPS) is 24.6. The van der Waals surface area contributed by atoms with Crippen LogP contribution in [0.15, 0.2) is 12.3 Å². The average molecular weight is 233 g/mol. The highest BCUT2D eigenvalue weighted by Gasteiger charge is 2.23. The molecule has 1 aromatic rings. The smallest absolute Gasteiger partial charge is 0.129 e. The summed E-state index contributed by atoms with van der Waals surface area (Å²) in [6, 6.07) is 2.57. The molecule has 1 aliphatic rings. The Bertz CT molecular complexity index is 376. The van der Waals surface area contributed by atoms with E-state index in [-0.39, 0.29) is 0 Å². The van der Waals surface area contributed by atoms with Crippen LogP contribution in [-0.4, -0.2) is 11.0 Å². The molecule has 1 saturated carbocycles. The van der Waals surface area contributed by atoms with Gasteiger partial charge in [-0.2, -0.15) is 0 Å². The average Bonchev–Trinajstić information content (AvgIpc) is 2.33. The monoisotopic (exact) mass is 233 g/mol. The van der Waals surface area contributed by atoms with Gasteiger partial charge in [-0.05, 0) is 37.3 Å². The Kier molecular flexibility index (Phi) is 3.87. The largest absolute Gasteiger partial charge is 0.397 e. The quantitative estimate of drug-likeness (QED) is 0.841. The first-order valence-electron chi connectivity index (χ1n) is 6.69. The zero-order valence-corrected chi connectivity index (χ0v) is 10.9. The number of nitrogens with zero attached hydrogens (tertiary/aromatic N) is 1. The highest BCUT2D eigenvalue weighted by molar-refractivity contribution is 5.51. The lowest BCUT2D eigenvalue weighted by molar-refractivity contribution is 0.316. The predicted molar refractivity (Wildman–Crippen MR) is 73.0 cm³/mol. The zero-order valence-electron chi connectivity index (χ0n) is 10.9. The topological polar surface area (TPSA) is 50.9 Å². The highest BCUT2D eigenvalue weighted by Crippen LogP contribution is 2.29. The van der Waals surface area contributed by atoms with E-state index in [4.69, 9.17) is 5.73 Å². The third-order valence-corrected chi connectivity index (χ3v) is 3.85. The van der Waals surface area contributed by atoms with Crippen LogP contribution in [0.2, 0.25) is 0 Å². The van der Waals surface area contributed by atoms with E-state index in [0.717, 1.165) is 23.0 Å². The van der Waals surface area contributed by atoms with E-state index in [9.17, 15) is 0 Å². The molecule has 0 amide bonds. The summed E-state index contributed by atoms with van der Waals surface area (Å²) < 4.78 is 0. The summed E-state index contributed by atoms with van der Waals surface area (Å²) in [7, 11) is 0. The first-order valence-corrected chi connectivity index (χ1v) is 6.69. The summed E-state index contributed by atoms with van der Waals surface area (Å²) in [5.41, 5.74) is 7.61. The molecular weight excluding hydrogens is 210 g/mol. The lowest BCUT2D eigenvalue weighted by atomic mass is 9.83. The van der Waals surface area contributed by atoms with Crippen molar-refractivity contribution in [3.63, 3.8) is 0 Å². The number of rotatable bonds is 3. The van der Waals surface area contributed by atoms with Crippen LogP contribution in [0.4, 0.5) is 11.5 Å². The molecule has 0 bridgehead atoms. The molecule has 94 valence electrons. The molecule has 0 saturated heterocycles. The van der Waals surface area contributed by atoms with Crippen LogP contribution in [0.3, 0.4) is 0 Å². The van der Waals surface area contributed by atoms with Crippen molar-refractivity contribution in [1.82, 2.24) is 4.98 Å². The fourth-order valence-electron chi connectivity index (χ4n) is 2.81. The predicted octanol–water partition coefficient (Wildman–Crippen LogP) is 3.35. The van der Waals surface area contributed by atoms with Crippen molar-refractivity contribution in [3.8, 4) is 0 Å². The van der Waals surface area contributed by atoms with Gasteiger partial charge >= 0.3 is 0 Å². The number of hydrogen-bond donors (Lipinski definition) is 2. The van der Waals surface area contributed by atoms with Crippen LogP contribution in [-0.2, 0) is 0 Å². The van der Waals surface area contributed by atoms with E-state index >= 15 is 0 Å². The molecule has 3 heteroatoms. The zero-order chi connectivity index (χ0) is 12.3. The van der Waals surface area contributed by atoms with Crippen LogP contribution < -0.4 is 11.1 Å². The van der Waals surface area contributed by atoms with Gasteiger partial charge in [0.1, 0.15) is 5.82 Å². The van der Waals surface area contributed by atoms with Crippen molar-refractivity contribution in [2.24, 2.45) is 5.92 Å². The van der Waals surface area contributed by atoms with E-state index in [1.807, 2.05) is 6.07 Å². The van der Waals surface area contributed by atoms with Crippen molar-refractivity contribution in [2.75, 3.05) is 11.1 Å². The molecule has 2 rings (SSSR count). The van der Waals surface area contributed by atoms with E-state index in [0.29, 0.717) is 6.04 Å². The summed E-state index contributed by atoms with van der Waals surface area (Å²) in [4.78, 5) is 4.40. The lowest BCUT2D eigenvalue weighted by Gasteiger charge is -2.32. The van der Waals surface area contributed by atoms with Crippen LogP contribution in [0.25, 0.3) is 0 Å². The van der Waals surface area contributed by atoms with Crippen LogP contribution in [0.1, 0.15) is 44.6 Å². The Labute approximate surface area is 104 Å². The van der Waals surface area contributed by atoms with Gasteiger partial charge in [0.05, 0.1) is 11.9 Å². The van der Waals surface area contributed by atoms with Crippen LogP contribution >= 0.6 is 0 Å². The van der Waals surface area contributed by atoms with Crippen LogP contribution in [0, 0.1) is 12.8 Å². The molecule has 1 aromatic heterocycles. The van der Waals surface area contributed by atoms with Gasteiger partial charge in [-0.1, -0.05) is 26.2 Å². The first kappa shape index (κ1) is 12.2. The van der Waals surface area contributed by atoms with Crippen molar-refractivity contribution in [1.29, 1.82) is 0 Å². The molecule has 3 N–H and O–H groups in total. The number of anilines is 2. The third-order valence-electron chi connectivity index (χ3n) is 3.85. The number of aryl methyl sites for hydroxylation is 1. The summed E-state index contributed by atoms with van der Waals surface area (Å²) in [6.45, 7) is 4.35. The molecule has 1 fully saturated rings. The molecule has 2 atom stereocenters. The maximum Gasteiger partial charge on any atom is 0.129 e. The molecule has 1 heterocycles. The fraction of sp³-hybridized carbons (Fsp3) is 0.643. The number of aromatic nitrogens is 1. The standard InChI is InChI=1S/C14H23N3/c1-3-11-6-4-5-7-13(11)17-14-10(2)8-12(15)9-16-14/h8-9,11,13H,3-7,15H2,1-2H3,(H,16,17). The SMILES string of the molecule is CCC1CCCCC1Nc1ncc(N)cc1C. The molecule has 3 nitrogen and oxygen atoms in total. The molecule has 0 aromatic carbocycles. The minimum Gasteiger partial charge on any atom is -0.397 e. The molecule has 0 spiro atoms. The van der Waals surface area contributed by atoms with Crippen molar-refractivity contribution in [2.45, 2.75) is 52.0 Å². The van der Waals surface area contributed by atoms with Crippen molar-refractivity contribution in [3.05, 3.63) is 17.8 Å². The molecular formula is C14H23N3. The van der Waals surface area contributed by atoms with Gasteiger partial charge in [0.2, 0.25) is 0 Å². The molecule has 1 aliphatic carbocycles. The number of nitrogen functional groups attached to an aromatic ring is 1. The molecule has 2 unspecified atom stereocenters. The van der Waals surface area contributed by atoms with Crippen molar-refractivity contribution < 1.29 is 0 Å². The molecule has 0 aliphatic heterocycles.